The monoisotopic (exact) mass is 601 g/mol. The molecule has 0 radical (unpaired) electrons. The van der Waals surface area contributed by atoms with E-state index < -0.39 is 52.6 Å². The van der Waals surface area contributed by atoms with Crippen LogP contribution in [0.2, 0.25) is 5.02 Å². The molecule has 3 aromatic carbocycles. The van der Waals surface area contributed by atoms with Crippen LogP contribution in [0.4, 0.5) is 32.0 Å². The Morgan fingerprint density at radius 2 is 1.76 bits per heavy atom. The Morgan fingerprint density at radius 3 is 2.52 bits per heavy atom. The molecule has 6 rings (SSSR count). The number of benzene rings is 3. The Bertz CT molecular complexity index is 1940. The maximum absolute atomic E-state index is 15.1. The lowest BCUT2D eigenvalue weighted by atomic mass is 9.92. The SMILES string of the molecule is O=C(Nc1cc(-c2cc3ncnn3cc2F)cc2c1[C@H](c1cc(F)ccc1Cl)NC2=O)c1cc(F)cc(C(F)(F)F)c1. The van der Waals surface area contributed by atoms with Gasteiger partial charge in [-0.25, -0.2) is 22.7 Å². The summed E-state index contributed by atoms with van der Waals surface area (Å²) in [6, 6.07) is 7.59. The van der Waals surface area contributed by atoms with E-state index >= 15 is 4.39 Å². The second-order valence-corrected chi connectivity index (χ2v) is 9.74. The highest BCUT2D eigenvalue weighted by Crippen LogP contribution is 2.42. The van der Waals surface area contributed by atoms with Gasteiger partial charge < -0.3 is 10.6 Å². The topological polar surface area (TPSA) is 88.4 Å². The molecular formula is C28H14ClF6N5O2. The van der Waals surface area contributed by atoms with Crippen LogP contribution in [-0.4, -0.2) is 26.4 Å². The van der Waals surface area contributed by atoms with E-state index in [1.807, 2.05) is 0 Å². The predicted molar refractivity (Wildman–Crippen MR) is 138 cm³/mol. The molecule has 0 unspecified atom stereocenters. The lowest BCUT2D eigenvalue weighted by molar-refractivity contribution is -0.137. The molecule has 1 atom stereocenters. The number of halogens is 7. The number of carbonyl (C=O) groups is 2. The summed E-state index contributed by atoms with van der Waals surface area (Å²) in [5, 5.41) is 8.99. The predicted octanol–water partition coefficient (Wildman–Crippen LogP) is 6.57. The smallest absolute Gasteiger partial charge is 0.341 e. The number of hydrogen-bond acceptors (Lipinski definition) is 4. The number of alkyl halides is 3. The highest BCUT2D eigenvalue weighted by atomic mass is 35.5. The second kappa shape index (κ2) is 9.87. The van der Waals surface area contributed by atoms with Crippen molar-refractivity contribution >= 4 is 34.7 Å². The molecule has 42 heavy (non-hydrogen) atoms. The van der Waals surface area contributed by atoms with Gasteiger partial charge in [0, 0.05) is 38.5 Å². The van der Waals surface area contributed by atoms with E-state index in [-0.39, 0.29) is 50.2 Å². The molecule has 7 nitrogen and oxygen atoms in total. The lowest BCUT2D eigenvalue weighted by Crippen LogP contribution is -2.21. The molecule has 3 heterocycles. The van der Waals surface area contributed by atoms with Crippen LogP contribution in [0.5, 0.6) is 0 Å². The van der Waals surface area contributed by atoms with Gasteiger partial charge >= 0.3 is 6.18 Å². The molecule has 5 aromatic rings. The summed E-state index contributed by atoms with van der Waals surface area (Å²) >= 11 is 6.30. The number of amides is 2. The quantitative estimate of drug-likeness (QED) is 0.228. The molecule has 2 N–H and O–H groups in total. The third kappa shape index (κ3) is 4.81. The number of carbonyl (C=O) groups excluding carboxylic acids is 2. The Hall–Kier alpha value is -4.91. The van der Waals surface area contributed by atoms with E-state index in [4.69, 9.17) is 11.6 Å². The van der Waals surface area contributed by atoms with E-state index in [2.05, 4.69) is 20.7 Å². The third-order valence-electron chi connectivity index (χ3n) is 6.67. The molecule has 14 heteroatoms. The minimum atomic E-state index is -4.94. The van der Waals surface area contributed by atoms with E-state index in [9.17, 15) is 31.5 Å². The summed E-state index contributed by atoms with van der Waals surface area (Å²) in [6.07, 6.45) is -2.70. The average molecular weight is 602 g/mol. The van der Waals surface area contributed by atoms with Gasteiger partial charge in [0.25, 0.3) is 11.8 Å². The van der Waals surface area contributed by atoms with Crippen molar-refractivity contribution in [1.29, 1.82) is 0 Å². The maximum atomic E-state index is 15.1. The fourth-order valence-electron chi connectivity index (χ4n) is 4.80. The molecule has 0 bridgehead atoms. The third-order valence-corrected chi connectivity index (χ3v) is 7.02. The molecule has 0 aliphatic carbocycles. The van der Waals surface area contributed by atoms with Crippen LogP contribution < -0.4 is 10.6 Å². The van der Waals surface area contributed by atoms with Crippen molar-refractivity contribution in [3.63, 3.8) is 0 Å². The number of aromatic nitrogens is 3. The Labute approximate surface area is 236 Å². The highest BCUT2D eigenvalue weighted by Gasteiger charge is 2.36. The van der Waals surface area contributed by atoms with Gasteiger partial charge in [0.2, 0.25) is 0 Å². The second-order valence-electron chi connectivity index (χ2n) is 9.34. The Morgan fingerprint density at radius 1 is 0.976 bits per heavy atom. The first kappa shape index (κ1) is 27.3. The maximum Gasteiger partial charge on any atom is 0.416 e. The molecule has 212 valence electrons. The van der Waals surface area contributed by atoms with E-state index in [0.29, 0.717) is 12.1 Å². The van der Waals surface area contributed by atoms with Crippen molar-refractivity contribution in [2.24, 2.45) is 0 Å². The summed E-state index contributed by atoms with van der Waals surface area (Å²) in [4.78, 5) is 30.4. The number of pyridine rings is 1. The van der Waals surface area contributed by atoms with E-state index in [1.54, 1.807) is 0 Å². The standard InChI is InChI=1S/C28H14ClF6N5O2/c29-20-2-1-15(30)8-18(20)25-24-19(27(42)39-25)5-12(17-9-23-36-11-37-40(23)10-21(17)32)6-22(24)38-26(41)13-3-14(28(33,34)35)7-16(31)4-13/h1-11,25H,(H,38,41)(H,39,42)/t25-/m0/s1. The van der Waals surface area contributed by atoms with Crippen LogP contribution >= 0.6 is 11.6 Å². The van der Waals surface area contributed by atoms with Crippen molar-refractivity contribution in [3.8, 4) is 11.1 Å². The number of nitrogens with one attached hydrogen (secondary N) is 2. The van der Waals surface area contributed by atoms with Crippen molar-refractivity contribution < 1.29 is 35.9 Å². The number of fused-ring (bicyclic) bond motifs is 2. The van der Waals surface area contributed by atoms with Crippen molar-refractivity contribution in [3.05, 3.63) is 117 Å². The summed E-state index contributed by atoms with van der Waals surface area (Å²) in [7, 11) is 0. The fourth-order valence-corrected chi connectivity index (χ4v) is 5.02. The number of nitrogens with zero attached hydrogens (tertiary/aromatic N) is 3. The summed E-state index contributed by atoms with van der Waals surface area (Å²) in [5.74, 6) is -4.59. The first-order valence-electron chi connectivity index (χ1n) is 12.0. The Balaban J connectivity index is 1.53. The molecule has 1 aliphatic rings. The number of rotatable bonds is 4. The van der Waals surface area contributed by atoms with Gasteiger partial charge in [-0.05, 0) is 60.2 Å². The van der Waals surface area contributed by atoms with Gasteiger partial charge in [0.15, 0.2) is 5.65 Å². The van der Waals surface area contributed by atoms with Gasteiger partial charge in [-0.1, -0.05) is 11.6 Å². The molecule has 0 saturated heterocycles. The van der Waals surface area contributed by atoms with Crippen LogP contribution in [0.15, 0.2) is 67.1 Å². The molecule has 2 amide bonds. The molecule has 0 fully saturated rings. The fraction of sp³-hybridized carbons (Fsp3) is 0.0714. The minimum Gasteiger partial charge on any atom is -0.341 e. The van der Waals surface area contributed by atoms with Gasteiger partial charge in [-0.3, -0.25) is 9.59 Å². The largest absolute Gasteiger partial charge is 0.416 e. The van der Waals surface area contributed by atoms with Gasteiger partial charge in [0.05, 0.1) is 17.8 Å². The summed E-state index contributed by atoms with van der Waals surface area (Å²) in [6.45, 7) is 0. The average Bonchev–Trinajstić information content (AvgIpc) is 3.52. The van der Waals surface area contributed by atoms with Gasteiger partial charge in [-0.15, -0.1) is 0 Å². The van der Waals surface area contributed by atoms with Crippen LogP contribution in [0.3, 0.4) is 0 Å². The van der Waals surface area contributed by atoms with Crippen LogP contribution in [0.1, 0.15) is 43.4 Å². The molecule has 2 aromatic heterocycles. The molecule has 0 saturated carbocycles. The van der Waals surface area contributed by atoms with Crippen molar-refractivity contribution in [1.82, 2.24) is 19.9 Å². The highest BCUT2D eigenvalue weighted by molar-refractivity contribution is 6.31. The summed E-state index contributed by atoms with van der Waals surface area (Å²) in [5.41, 5.74) is -1.76. The first-order valence-corrected chi connectivity index (χ1v) is 12.4. The van der Waals surface area contributed by atoms with Gasteiger partial charge in [-0.2, -0.15) is 18.3 Å². The van der Waals surface area contributed by atoms with Crippen LogP contribution in [0, 0.1) is 17.5 Å². The lowest BCUT2D eigenvalue weighted by Gasteiger charge is -2.19. The van der Waals surface area contributed by atoms with Crippen LogP contribution in [-0.2, 0) is 6.18 Å². The van der Waals surface area contributed by atoms with E-state index in [0.717, 1.165) is 18.3 Å². The normalized spacial score (nSPS) is 14.6. The zero-order valence-corrected chi connectivity index (χ0v) is 21.5. The molecule has 1 aliphatic heterocycles. The molecule has 0 spiro atoms. The summed E-state index contributed by atoms with van der Waals surface area (Å²) < 4.78 is 84.5. The van der Waals surface area contributed by atoms with Crippen molar-refractivity contribution in [2.75, 3.05) is 5.32 Å². The number of anilines is 1. The van der Waals surface area contributed by atoms with Crippen LogP contribution in [0.25, 0.3) is 16.8 Å². The van der Waals surface area contributed by atoms with Crippen molar-refractivity contribution in [2.45, 2.75) is 12.2 Å². The molecular weight excluding hydrogens is 588 g/mol. The zero-order chi connectivity index (χ0) is 29.9. The van der Waals surface area contributed by atoms with Gasteiger partial charge in [0.1, 0.15) is 23.8 Å². The van der Waals surface area contributed by atoms with E-state index in [1.165, 1.54) is 35.1 Å². The Kier molecular flexibility index (Phi) is 6.41. The zero-order valence-electron chi connectivity index (χ0n) is 20.7. The minimum absolute atomic E-state index is 0.0426. The first-order chi connectivity index (χ1) is 19.9. The number of hydrogen-bond donors (Lipinski definition) is 2.